The second kappa shape index (κ2) is 6.20. The molecule has 3 rings (SSSR count). The minimum absolute atomic E-state index is 0.0748. The van der Waals surface area contributed by atoms with Crippen LogP contribution in [0.5, 0.6) is 0 Å². The number of para-hydroxylation sites is 1. The van der Waals surface area contributed by atoms with E-state index in [1.165, 1.54) is 0 Å². The Kier molecular flexibility index (Phi) is 4.38. The van der Waals surface area contributed by atoms with Crippen molar-refractivity contribution in [1.82, 2.24) is 4.98 Å². The summed E-state index contributed by atoms with van der Waals surface area (Å²) >= 11 is 1.72. The highest BCUT2D eigenvalue weighted by Crippen LogP contribution is 2.39. The van der Waals surface area contributed by atoms with Crippen LogP contribution in [0, 0.1) is 0 Å². The number of thiazole rings is 1. The minimum atomic E-state index is -0.238. The van der Waals surface area contributed by atoms with Gasteiger partial charge < -0.3 is 10.6 Å². The van der Waals surface area contributed by atoms with E-state index < -0.39 is 0 Å². The number of nitrogens with zero attached hydrogens (tertiary/aromatic N) is 2. The van der Waals surface area contributed by atoms with Crippen molar-refractivity contribution >= 4 is 22.9 Å². The van der Waals surface area contributed by atoms with E-state index in [0.29, 0.717) is 0 Å². The van der Waals surface area contributed by atoms with E-state index in [-0.39, 0.29) is 23.3 Å². The summed E-state index contributed by atoms with van der Waals surface area (Å²) in [6, 6.07) is 8.34. The standard InChI is InChI=1S/C19H25N3OS/c1-12-9-15(17(20)23)14-7-5-6-8-16(14)22(12)10-13-11-24-18(21-13)19(2,3)4/h5-8,11-12,15H,9-10H2,1-4H3,(H2,20,23)/t12-,15-/m0/s1. The van der Waals surface area contributed by atoms with Gasteiger partial charge in [0.05, 0.1) is 23.2 Å². The maximum absolute atomic E-state index is 11.8. The molecule has 2 heterocycles. The predicted octanol–water partition coefficient (Wildman–Crippen LogP) is 3.81. The van der Waals surface area contributed by atoms with E-state index >= 15 is 0 Å². The third kappa shape index (κ3) is 3.18. The van der Waals surface area contributed by atoms with E-state index in [1.54, 1.807) is 11.3 Å². The van der Waals surface area contributed by atoms with Gasteiger partial charge in [-0.05, 0) is 25.0 Å². The molecule has 4 nitrogen and oxygen atoms in total. The fourth-order valence-electron chi connectivity index (χ4n) is 3.29. The van der Waals surface area contributed by atoms with Gasteiger partial charge in [-0.15, -0.1) is 11.3 Å². The number of fused-ring (bicyclic) bond motifs is 1. The Hall–Kier alpha value is -1.88. The number of primary amides is 1. The first-order chi connectivity index (χ1) is 11.3. The Morgan fingerprint density at radius 1 is 1.38 bits per heavy atom. The second-order valence-corrected chi connectivity index (χ2v) is 8.48. The topological polar surface area (TPSA) is 59.2 Å². The summed E-state index contributed by atoms with van der Waals surface area (Å²) < 4.78 is 0. The molecule has 2 atom stereocenters. The monoisotopic (exact) mass is 343 g/mol. The Morgan fingerprint density at radius 2 is 2.08 bits per heavy atom. The highest BCUT2D eigenvalue weighted by Gasteiger charge is 2.33. The first-order valence-electron chi connectivity index (χ1n) is 8.37. The zero-order chi connectivity index (χ0) is 17.5. The molecule has 1 aromatic heterocycles. The van der Waals surface area contributed by atoms with Crippen LogP contribution >= 0.6 is 11.3 Å². The van der Waals surface area contributed by atoms with Crippen molar-refractivity contribution in [3.05, 3.63) is 45.9 Å². The number of anilines is 1. The maximum atomic E-state index is 11.8. The van der Waals surface area contributed by atoms with E-state index in [2.05, 4.69) is 44.0 Å². The normalized spacial score (nSPS) is 20.8. The van der Waals surface area contributed by atoms with Crippen LogP contribution in [-0.2, 0) is 16.8 Å². The third-order valence-electron chi connectivity index (χ3n) is 4.60. The van der Waals surface area contributed by atoms with Crippen LogP contribution in [0.25, 0.3) is 0 Å². The van der Waals surface area contributed by atoms with E-state index in [1.807, 2.05) is 18.2 Å². The van der Waals surface area contributed by atoms with Gasteiger partial charge in [-0.1, -0.05) is 39.0 Å². The first kappa shape index (κ1) is 17.0. The predicted molar refractivity (Wildman–Crippen MR) is 99.5 cm³/mol. The lowest BCUT2D eigenvalue weighted by Gasteiger charge is -2.39. The van der Waals surface area contributed by atoms with Gasteiger partial charge in [0.2, 0.25) is 5.91 Å². The number of hydrogen-bond acceptors (Lipinski definition) is 4. The molecule has 1 amide bonds. The first-order valence-corrected chi connectivity index (χ1v) is 9.25. The number of aromatic nitrogens is 1. The molecular weight excluding hydrogens is 318 g/mol. The summed E-state index contributed by atoms with van der Waals surface area (Å²) in [7, 11) is 0. The molecule has 0 bridgehead atoms. The van der Waals surface area contributed by atoms with Crippen LogP contribution in [0.3, 0.4) is 0 Å². The van der Waals surface area contributed by atoms with Crippen molar-refractivity contribution in [2.24, 2.45) is 5.73 Å². The molecule has 24 heavy (non-hydrogen) atoms. The van der Waals surface area contributed by atoms with Gasteiger partial charge in [0.1, 0.15) is 0 Å². The van der Waals surface area contributed by atoms with Crippen LogP contribution in [0.15, 0.2) is 29.6 Å². The van der Waals surface area contributed by atoms with Crippen molar-refractivity contribution in [2.75, 3.05) is 4.90 Å². The largest absolute Gasteiger partial charge is 0.369 e. The molecule has 5 heteroatoms. The molecule has 0 saturated carbocycles. The number of benzene rings is 1. The number of nitrogens with two attached hydrogens (primary N) is 1. The summed E-state index contributed by atoms with van der Waals surface area (Å²) in [5.41, 5.74) is 8.93. The van der Waals surface area contributed by atoms with Crippen molar-refractivity contribution in [2.45, 2.75) is 58.0 Å². The Bertz CT molecular complexity index is 747. The molecule has 0 fully saturated rings. The Labute approximate surface area is 147 Å². The molecule has 0 spiro atoms. The van der Waals surface area contributed by atoms with Crippen LogP contribution < -0.4 is 10.6 Å². The van der Waals surface area contributed by atoms with Crippen molar-refractivity contribution in [3.8, 4) is 0 Å². The molecule has 0 unspecified atom stereocenters. The van der Waals surface area contributed by atoms with Crippen LogP contribution in [0.2, 0.25) is 0 Å². The Morgan fingerprint density at radius 3 is 2.71 bits per heavy atom. The molecule has 0 aliphatic carbocycles. The highest BCUT2D eigenvalue weighted by atomic mass is 32.1. The average Bonchev–Trinajstić information content (AvgIpc) is 2.98. The van der Waals surface area contributed by atoms with Crippen LogP contribution in [-0.4, -0.2) is 16.9 Å². The second-order valence-electron chi connectivity index (χ2n) is 7.62. The number of carbonyl (C=O) groups excluding carboxylic acids is 1. The fourth-order valence-corrected chi connectivity index (χ4v) is 4.18. The lowest BCUT2D eigenvalue weighted by atomic mass is 9.85. The summed E-state index contributed by atoms with van der Waals surface area (Å²) in [6.45, 7) is 9.48. The van der Waals surface area contributed by atoms with Gasteiger partial charge in [-0.2, -0.15) is 0 Å². The quantitative estimate of drug-likeness (QED) is 0.922. The molecule has 0 saturated heterocycles. The van der Waals surface area contributed by atoms with Gasteiger partial charge in [-0.25, -0.2) is 4.98 Å². The van der Waals surface area contributed by atoms with Gasteiger partial charge in [0, 0.05) is 22.5 Å². The van der Waals surface area contributed by atoms with Gasteiger partial charge in [0.15, 0.2) is 0 Å². The van der Waals surface area contributed by atoms with E-state index in [0.717, 1.165) is 34.9 Å². The average molecular weight is 343 g/mol. The van der Waals surface area contributed by atoms with Gasteiger partial charge >= 0.3 is 0 Å². The number of hydrogen-bond donors (Lipinski definition) is 1. The molecule has 1 aromatic carbocycles. The zero-order valence-electron chi connectivity index (χ0n) is 14.7. The lowest BCUT2D eigenvalue weighted by Crippen LogP contribution is -2.41. The summed E-state index contributed by atoms with van der Waals surface area (Å²) in [4.78, 5) is 19.0. The summed E-state index contributed by atoms with van der Waals surface area (Å²) in [6.07, 6.45) is 0.753. The van der Waals surface area contributed by atoms with E-state index in [4.69, 9.17) is 10.7 Å². The number of carbonyl (C=O) groups is 1. The van der Waals surface area contributed by atoms with Crippen molar-refractivity contribution in [1.29, 1.82) is 0 Å². The molecule has 2 N–H and O–H groups in total. The van der Waals surface area contributed by atoms with Gasteiger partial charge in [-0.3, -0.25) is 4.79 Å². The van der Waals surface area contributed by atoms with Crippen molar-refractivity contribution in [3.63, 3.8) is 0 Å². The van der Waals surface area contributed by atoms with E-state index in [9.17, 15) is 4.79 Å². The molecule has 128 valence electrons. The molecule has 1 aliphatic rings. The third-order valence-corrected chi connectivity index (χ3v) is 5.92. The van der Waals surface area contributed by atoms with Crippen LogP contribution in [0.1, 0.15) is 56.3 Å². The number of amides is 1. The molecule has 2 aromatic rings. The Balaban J connectivity index is 1.92. The number of rotatable bonds is 3. The smallest absolute Gasteiger partial charge is 0.225 e. The molecule has 1 aliphatic heterocycles. The maximum Gasteiger partial charge on any atom is 0.225 e. The van der Waals surface area contributed by atoms with Crippen LogP contribution in [0.4, 0.5) is 5.69 Å². The minimum Gasteiger partial charge on any atom is -0.369 e. The summed E-state index contributed by atoms with van der Waals surface area (Å²) in [5.74, 6) is -0.439. The summed E-state index contributed by atoms with van der Waals surface area (Å²) in [5, 5.41) is 3.31. The lowest BCUT2D eigenvalue weighted by molar-refractivity contribution is -0.119. The van der Waals surface area contributed by atoms with Crippen molar-refractivity contribution < 1.29 is 4.79 Å². The van der Waals surface area contributed by atoms with Gasteiger partial charge in [0.25, 0.3) is 0 Å². The SMILES string of the molecule is C[C@H]1C[C@H](C(N)=O)c2ccccc2N1Cc1csc(C(C)(C)C)n1. The molecular formula is C19H25N3OS. The molecule has 0 radical (unpaired) electrons. The highest BCUT2D eigenvalue weighted by molar-refractivity contribution is 7.09. The zero-order valence-corrected chi connectivity index (χ0v) is 15.6. The fraction of sp³-hybridized carbons (Fsp3) is 0.474.